The lowest BCUT2D eigenvalue weighted by Crippen LogP contribution is -2.39. The molecule has 178 valence electrons. The number of rotatable bonds is 11. The molecule has 2 rings (SSSR count). The van der Waals surface area contributed by atoms with Crippen molar-refractivity contribution < 1.29 is 9.84 Å². The maximum atomic E-state index is 10.5. The maximum absolute atomic E-state index is 10.5. The third-order valence-corrected chi connectivity index (χ3v) is 4.85. The molecule has 1 unspecified atom stereocenters. The van der Waals surface area contributed by atoms with Crippen LogP contribution < -0.4 is 15.4 Å². The lowest BCUT2D eigenvalue weighted by atomic mass is 10.1. The fraction of sp³-hybridized carbons (Fsp3) is 0.480. The SMILES string of the molecule is CCNC(=NCc1cccc(CN(C)CC)c1)NCC(O)c1ccc(OC(C)C)cc1.I. The van der Waals surface area contributed by atoms with Gasteiger partial charge in [-0.05, 0) is 63.2 Å². The van der Waals surface area contributed by atoms with Crippen molar-refractivity contribution >= 4 is 29.9 Å². The van der Waals surface area contributed by atoms with Gasteiger partial charge in [0.2, 0.25) is 0 Å². The van der Waals surface area contributed by atoms with E-state index in [0.717, 1.165) is 30.9 Å². The van der Waals surface area contributed by atoms with Crippen LogP contribution in [0.4, 0.5) is 0 Å². The maximum Gasteiger partial charge on any atom is 0.191 e. The van der Waals surface area contributed by atoms with E-state index in [4.69, 9.17) is 4.74 Å². The minimum absolute atomic E-state index is 0. The Hall–Kier alpha value is -1.84. The smallest absolute Gasteiger partial charge is 0.191 e. The zero-order valence-electron chi connectivity index (χ0n) is 20.0. The van der Waals surface area contributed by atoms with Gasteiger partial charge < -0.3 is 25.4 Å². The second kappa shape index (κ2) is 15.1. The molecule has 0 radical (unpaired) electrons. The molecule has 0 aliphatic carbocycles. The van der Waals surface area contributed by atoms with Crippen LogP contribution in [0.2, 0.25) is 0 Å². The summed E-state index contributed by atoms with van der Waals surface area (Å²) >= 11 is 0. The van der Waals surface area contributed by atoms with Crippen LogP contribution in [0, 0.1) is 0 Å². The molecule has 2 aromatic rings. The van der Waals surface area contributed by atoms with E-state index in [1.165, 1.54) is 11.1 Å². The van der Waals surface area contributed by atoms with Crippen LogP contribution in [-0.4, -0.2) is 48.8 Å². The van der Waals surface area contributed by atoms with E-state index in [1.807, 2.05) is 45.0 Å². The first-order valence-corrected chi connectivity index (χ1v) is 11.1. The topological polar surface area (TPSA) is 69.1 Å². The standard InChI is InChI=1S/C25H38N4O2.HI/c1-6-26-25(27-16-20-9-8-10-21(15-20)18-29(5)7-2)28-17-24(30)22-11-13-23(14-12-22)31-19(3)4;/h8-15,19,24,30H,6-7,16-18H2,1-5H3,(H2,26,27,28);1H. The summed E-state index contributed by atoms with van der Waals surface area (Å²) in [5.74, 6) is 1.50. The summed E-state index contributed by atoms with van der Waals surface area (Å²) in [5.41, 5.74) is 3.29. The van der Waals surface area contributed by atoms with E-state index in [2.05, 4.69) is 58.8 Å². The summed E-state index contributed by atoms with van der Waals surface area (Å²) < 4.78 is 5.66. The van der Waals surface area contributed by atoms with Crippen molar-refractivity contribution in [2.75, 3.05) is 26.7 Å². The summed E-state index contributed by atoms with van der Waals surface area (Å²) in [7, 11) is 2.12. The first kappa shape index (κ1) is 28.2. The lowest BCUT2D eigenvalue weighted by molar-refractivity contribution is 0.180. The Kier molecular flexibility index (Phi) is 13.3. The van der Waals surface area contributed by atoms with E-state index < -0.39 is 6.10 Å². The molecular formula is C25H39IN4O2. The average molecular weight is 555 g/mol. The van der Waals surface area contributed by atoms with Gasteiger partial charge in [0.05, 0.1) is 18.8 Å². The lowest BCUT2D eigenvalue weighted by Gasteiger charge is -2.17. The van der Waals surface area contributed by atoms with Gasteiger partial charge >= 0.3 is 0 Å². The predicted molar refractivity (Wildman–Crippen MR) is 144 cm³/mol. The van der Waals surface area contributed by atoms with Gasteiger partial charge in [-0.15, -0.1) is 24.0 Å². The zero-order valence-corrected chi connectivity index (χ0v) is 22.3. The van der Waals surface area contributed by atoms with Crippen molar-refractivity contribution in [3.05, 3.63) is 65.2 Å². The number of nitrogens with one attached hydrogen (secondary N) is 2. The molecule has 1 atom stereocenters. The second-order valence-electron chi connectivity index (χ2n) is 7.98. The van der Waals surface area contributed by atoms with E-state index >= 15 is 0 Å². The summed E-state index contributed by atoms with van der Waals surface area (Å²) in [6.45, 7) is 11.8. The number of hydrogen-bond donors (Lipinski definition) is 3. The number of guanidine groups is 1. The third kappa shape index (κ3) is 10.2. The van der Waals surface area contributed by atoms with E-state index in [9.17, 15) is 5.11 Å². The number of benzene rings is 2. The summed E-state index contributed by atoms with van der Waals surface area (Å²) in [5, 5.41) is 17.0. The first-order valence-electron chi connectivity index (χ1n) is 11.1. The van der Waals surface area contributed by atoms with Gasteiger partial charge in [0, 0.05) is 19.6 Å². The molecule has 0 aliphatic rings. The summed E-state index contributed by atoms with van der Waals surface area (Å²) in [6.07, 6.45) is -0.505. The molecule has 0 aliphatic heterocycles. The molecule has 0 amide bonds. The molecule has 0 fully saturated rings. The highest BCUT2D eigenvalue weighted by molar-refractivity contribution is 14.0. The average Bonchev–Trinajstić information content (AvgIpc) is 2.75. The largest absolute Gasteiger partial charge is 0.491 e. The molecule has 0 bridgehead atoms. The highest BCUT2D eigenvalue weighted by Gasteiger charge is 2.09. The molecule has 7 heteroatoms. The van der Waals surface area contributed by atoms with E-state index in [-0.39, 0.29) is 30.1 Å². The van der Waals surface area contributed by atoms with Crippen molar-refractivity contribution in [3.63, 3.8) is 0 Å². The predicted octanol–water partition coefficient (Wildman–Crippen LogP) is 4.33. The highest BCUT2D eigenvalue weighted by Crippen LogP contribution is 2.18. The van der Waals surface area contributed by atoms with Gasteiger partial charge in [-0.3, -0.25) is 0 Å². The Balaban J connectivity index is 0.00000512. The van der Waals surface area contributed by atoms with Crippen molar-refractivity contribution in [2.24, 2.45) is 4.99 Å². The van der Waals surface area contributed by atoms with Crippen molar-refractivity contribution in [1.82, 2.24) is 15.5 Å². The van der Waals surface area contributed by atoms with Crippen LogP contribution in [0.5, 0.6) is 5.75 Å². The van der Waals surface area contributed by atoms with E-state index in [1.54, 1.807) is 0 Å². The van der Waals surface area contributed by atoms with Crippen LogP contribution >= 0.6 is 24.0 Å². The number of aliphatic imine (C=N–C) groups is 1. The normalized spacial score (nSPS) is 12.4. The fourth-order valence-corrected chi connectivity index (χ4v) is 3.11. The van der Waals surface area contributed by atoms with Gasteiger partial charge in [-0.1, -0.05) is 43.3 Å². The van der Waals surface area contributed by atoms with Crippen LogP contribution in [0.3, 0.4) is 0 Å². The summed E-state index contributed by atoms with van der Waals surface area (Å²) in [4.78, 5) is 6.96. The Labute approximate surface area is 210 Å². The molecule has 0 spiro atoms. The van der Waals surface area contributed by atoms with Crippen molar-refractivity contribution in [2.45, 2.75) is 53.0 Å². The molecule has 32 heavy (non-hydrogen) atoms. The van der Waals surface area contributed by atoms with Gasteiger partial charge in [0.15, 0.2) is 5.96 Å². The minimum Gasteiger partial charge on any atom is -0.491 e. The second-order valence-corrected chi connectivity index (χ2v) is 7.98. The monoisotopic (exact) mass is 554 g/mol. The Morgan fingerprint density at radius 1 is 1.06 bits per heavy atom. The number of aliphatic hydroxyl groups excluding tert-OH is 1. The summed E-state index contributed by atoms with van der Waals surface area (Å²) in [6, 6.07) is 16.1. The highest BCUT2D eigenvalue weighted by atomic mass is 127. The molecule has 0 heterocycles. The van der Waals surface area contributed by atoms with Gasteiger partial charge in [-0.25, -0.2) is 4.99 Å². The fourth-order valence-electron chi connectivity index (χ4n) is 3.11. The van der Waals surface area contributed by atoms with E-state index in [0.29, 0.717) is 19.0 Å². The number of ether oxygens (including phenoxy) is 1. The minimum atomic E-state index is -0.634. The van der Waals surface area contributed by atoms with Crippen molar-refractivity contribution in [3.8, 4) is 5.75 Å². The Morgan fingerprint density at radius 3 is 2.38 bits per heavy atom. The van der Waals surface area contributed by atoms with Crippen LogP contribution in [0.25, 0.3) is 0 Å². The quantitative estimate of drug-likeness (QED) is 0.219. The van der Waals surface area contributed by atoms with Crippen molar-refractivity contribution in [1.29, 1.82) is 0 Å². The molecule has 2 aromatic carbocycles. The van der Waals surface area contributed by atoms with Gasteiger partial charge in [-0.2, -0.15) is 0 Å². The molecule has 0 aromatic heterocycles. The molecule has 0 saturated carbocycles. The zero-order chi connectivity index (χ0) is 22.6. The van der Waals surface area contributed by atoms with Crippen LogP contribution in [0.1, 0.15) is 50.5 Å². The Bertz CT molecular complexity index is 812. The molecular weight excluding hydrogens is 515 g/mol. The third-order valence-electron chi connectivity index (χ3n) is 4.85. The van der Waals surface area contributed by atoms with Gasteiger partial charge in [0.1, 0.15) is 5.75 Å². The Morgan fingerprint density at radius 2 is 1.75 bits per heavy atom. The number of hydrogen-bond acceptors (Lipinski definition) is 4. The van der Waals surface area contributed by atoms with Gasteiger partial charge in [0.25, 0.3) is 0 Å². The van der Waals surface area contributed by atoms with Crippen LogP contribution in [0.15, 0.2) is 53.5 Å². The number of halogens is 1. The first-order chi connectivity index (χ1) is 14.9. The number of nitrogens with zero attached hydrogens (tertiary/aromatic N) is 2. The molecule has 0 saturated heterocycles. The number of aliphatic hydroxyl groups is 1. The van der Waals surface area contributed by atoms with Crippen LogP contribution in [-0.2, 0) is 13.1 Å². The molecule has 6 nitrogen and oxygen atoms in total. The molecule has 3 N–H and O–H groups in total.